The second kappa shape index (κ2) is 8.69. The van der Waals surface area contributed by atoms with Gasteiger partial charge in [0.1, 0.15) is 0 Å². The van der Waals surface area contributed by atoms with Gasteiger partial charge in [-0.15, -0.1) is 11.3 Å². The lowest BCUT2D eigenvalue weighted by Crippen LogP contribution is -2.49. The maximum absolute atomic E-state index is 4.42. The first kappa shape index (κ1) is 18.9. The van der Waals surface area contributed by atoms with Gasteiger partial charge in [0.15, 0.2) is 5.96 Å². The number of aryl methyl sites for hydroxylation is 1. The number of guanidine groups is 1. The number of fused-ring (bicyclic) bond motifs is 1. The Balaban J connectivity index is 1.26. The van der Waals surface area contributed by atoms with Crippen molar-refractivity contribution in [2.45, 2.75) is 32.2 Å². The van der Waals surface area contributed by atoms with Gasteiger partial charge in [0.25, 0.3) is 0 Å². The molecule has 6 heteroatoms. The van der Waals surface area contributed by atoms with Crippen LogP contribution in [0.25, 0.3) is 10.9 Å². The molecule has 0 spiro atoms. The fourth-order valence-electron chi connectivity index (χ4n) is 4.05. The van der Waals surface area contributed by atoms with Crippen molar-refractivity contribution in [2.24, 2.45) is 4.99 Å². The van der Waals surface area contributed by atoms with E-state index in [4.69, 9.17) is 0 Å². The molecule has 3 heterocycles. The topological polar surface area (TPSA) is 55.5 Å². The molecule has 1 aliphatic heterocycles. The summed E-state index contributed by atoms with van der Waals surface area (Å²) in [5.41, 5.74) is 3.91. The minimum Gasteiger partial charge on any atom is -0.363 e. The summed E-state index contributed by atoms with van der Waals surface area (Å²) in [6.07, 6.45) is 5.39. The van der Waals surface area contributed by atoms with Gasteiger partial charge in [-0.3, -0.25) is 4.99 Å². The molecule has 3 aromatic rings. The zero-order valence-corrected chi connectivity index (χ0v) is 17.5. The van der Waals surface area contributed by atoms with E-state index in [0.717, 1.165) is 44.9 Å². The molecule has 0 amide bonds. The third-order valence-corrected chi connectivity index (χ3v) is 6.49. The van der Waals surface area contributed by atoms with Crippen LogP contribution in [0.2, 0.25) is 0 Å². The van der Waals surface area contributed by atoms with Gasteiger partial charge in [0, 0.05) is 49.8 Å². The molecule has 5 nitrogen and oxygen atoms in total. The second-order valence-corrected chi connectivity index (χ2v) is 8.34. The van der Waals surface area contributed by atoms with Crippen molar-refractivity contribution < 1.29 is 0 Å². The summed E-state index contributed by atoms with van der Waals surface area (Å²) < 4.78 is 0. The van der Waals surface area contributed by atoms with E-state index in [9.17, 15) is 0 Å². The summed E-state index contributed by atoms with van der Waals surface area (Å²) in [7, 11) is 1.85. The summed E-state index contributed by atoms with van der Waals surface area (Å²) in [6.45, 7) is 5.25. The average Bonchev–Trinajstić information content (AvgIpc) is 3.39. The molecule has 0 unspecified atom stereocenters. The highest BCUT2D eigenvalue weighted by molar-refractivity contribution is 7.14. The number of nitrogens with zero attached hydrogens (tertiary/aromatic N) is 2. The van der Waals surface area contributed by atoms with Crippen molar-refractivity contribution in [2.75, 3.05) is 31.6 Å². The number of aromatic amines is 1. The fraction of sp³-hybridized carbons (Fsp3) is 0.409. The fourth-order valence-corrected chi connectivity index (χ4v) is 4.83. The van der Waals surface area contributed by atoms with Crippen molar-refractivity contribution in [3.05, 3.63) is 53.0 Å². The van der Waals surface area contributed by atoms with Crippen molar-refractivity contribution in [3.63, 3.8) is 0 Å². The molecule has 0 bridgehead atoms. The van der Waals surface area contributed by atoms with E-state index in [-0.39, 0.29) is 0 Å². The van der Waals surface area contributed by atoms with E-state index in [1.54, 1.807) is 0 Å². The Morgan fingerprint density at radius 2 is 2.11 bits per heavy atom. The minimum absolute atomic E-state index is 0.484. The summed E-state index contributed by atoms with van der Waals surface area (Å²) in [6, 6.07) is 11.2. The van der Waals surface area contributed by atoms with Crippen LogP contribution in [0.15, 0.2) is 46.9 Å². The highest BCUT2D eigenvalue weighted by Gasteiger charge is 2.20. The molecule has 1 aliphatic rings. The van der Waals surface area contributed by atoms with Gasteiger partial charge in [-0.25, -0.2) is 0 Å². The van der Waals surface area contributed by atoms with Crippen molar-refractivity contribution in [3.8, 4) is 0 Å². The van der Waals surface area contributed by atoms with Gasteiger partial charge in [0.2, 0.25) is 0 Å². The molecular formula is C22H29N5S. The molecule has 1 fully saturated rings. The van der Waals surface area contributed by atoms with Gasteiger partial charge >= 0.3 is 0 Å². The molecule has 0 atom stereocenters. The van der Waals surface area contributed by atoms with Crippen molar-refractivity contribution in [1.29, 1.82) is 0 Å². The van der Waals surface area contributed by atoms with Crippen molar-refractivity contribution in [1.82, 2.24) is 15.6 Å². The number of anilines is 1. The first-order valence-corrected chi connectivity index (χ1v) is 10.9. The lowest BCUT2D eigenvalue weighted by atomic mass is 10.1. The summed E-state index contributed by atoms with van der Waals surface area (Å²) >= 11 is 1.83. The number of aliphatic imine (C=N–C) groups is 1. The zero-order chi connectivity index (χ0) is 19.3. The van der Waals surface area contributed by atoms with Crippen LogP contribution in [0.3, 0.4) is 0 Å². The molecule has 0 radical (unpaired) electrons. The van der Waals surface area contributed by atoms with Crippen LogP contribution in [0.4, 0.5) is 5.00 Å². The normalized spacial score (nSPS) is 15.9. The molecule has 1 saturated heterocycles. The van der Waals surface area contributed by atoms with E-state index in [1.807, 2.05) is 18.4 Å². The Bertz CT molecular complexity index is 920. The predicted octanol–water partition coefficient (Wildman–Crippen LogP) is 3.91. The number of piperidine rings is 1. The molecule has 0 aliphatic carbocycles. The van der Waals surface area contributed by atoms with E-state index < -0.39 is 0 Å². The monoisotopic (exact) mass is 395 g/mol. The number of H-pyrrole nitrogens is 1. The molecule has 4 rings (SSSR count). The molecule has 1 aromatic carbocycles. The Morgan fingerprint density at radius 1 is 1.25 bits per heavy atom. The third kappa shape index (κ3) is 4.17. The smallest absolute Gasteiger partial charge is 0.191 e. The Labute approximate surface area is 170 Å². The van der Waals surface area contributed by atoms with Gasteiger partial charge < -0.3 is 20.5 Å². The van der Waals surface area contributed by atoms with Crippen LogP contribution in [-0.2, 0) is 6.42 Å². The second-order valence-electron chi connectivity index (χ2n) is 7.42. The SMILES string of the molecule is CN=C(NCCc1c[nH]c2cccc(C)c12)NC1CCN(c2cccs2)CC1. The first-order valence-electron chi connectivity index (χ1n) is 10.1. The van der Waals surface area contributed by atoms with Gasteiger partial charge in [0.05, 0.1) is 5.00 Å². The standard InChI is InChI=1S/C22H29N5S/c1-16-5-3-6-19-21(16)17(15-25-19)8-11-24-22(23-2)26-18-9-12-27(13-10-18)20-7-4-14-28-20/h3-7,14-15,18,25H,8-13H2,1-2H3,(H2,23,24,26). The number of thiophene rings is 1. The Morgan fingerprint density at radius 3 is 2.86 bits per heavy atom. The highest BCUT2D eigenvalue weighted by atomic mass is 32.1. The summed E-state index contributed by atoms with van der Waals surface area (Å²) in [4.78, 5) is 10.3. The third-order valence-electron chi connectivity index (χ3n) is 5.56. The zero-order valence-electron chi connectivity index (χ0n) is 16.7. The summed E-state index contributed by atoms with van der Waals surface area (Å²) in [5, 5.41) is 12.0. The summed E-state index contributed by atoms with van der Waals surface area (Å²) in [5.74, 6) is 0.908. The Hall–Kier alpha value is -2.47. The van der Waals surface area contributed by atoms with Crippen LogP contribution in [0.5, 0.6) is 0 Å². The van der Waals surface area contributed by atoms with E-state index >= 15 is 0 Å². The first-order chi connectivity index (χ1) is 13.7. The van der Waals surface area contributed by atoms with Gasteiger partial charge in [-0.05, 0) is 60.9 Å². The van der Waals surface area contributed by atoms with Gasteiger partial charge in [-0.2, -0.15) is 0 Å². The van der Waals surface area contributed by atoms with E-state index in [0.29, 0.717) is 6.04 Å². The maximum atomic E-state index is 4.42. The maximum Gasteiger partial charge on any atom is 0.191 e. The lowest BCUT2D eigenvalue weighted by molar-refractivity contribution is 0.463. The van der Waals surface area contributed by atoms with Crippen LogP contribution in [0, 0.1) is 6.92 Å². The molecule has 0 saturated carbocycles. The van der Waals surface area contributed by atoms with Gasteiger partial charge in [-0.1, -0.05) is 12.1 Å². The van der Waals surface area contributed by atoms with Crippen molar-refractivity contribution >= 4 is 33.2 Å². The lowest BCUT2D eigenvalue weighted by Gasteiger charge is -2.33. The van der Waals surface area contributed by atoms with Crippen LogP contribution >= 0.6 is 11.3 Å². The number of hydrogen-bond acceptors (Lipinski definition) is 3. The molecule has 3 N–H and O–H groups in total. The molecule has 148 valence electrons. The number of benzene rings is 1. The Kier molecular flexibility index (Phi) is 5.86. The van der Waals surface area contributed by atoms with E-state index in [1.165, 1.54) is 27.0 Å². The molecular weight excluding hydrogens is 366 g/mol. The molecule has 2 aromatic heterocycles. The molecule has 28 heavy (non-hydrogen) atoms. The quantitative estimate of drug-likeness (QED) is 0.453. The minimum atomic E-state index is 0.484. The van der Waals surface area contributed by atoms with Crippen LogP contribution in [0.1, 0.15) is 24.0 Å². The average molecular weight is 396 g/mol. The predicted molar refractivity (Wildman–Crippen MR) is 121 cm³/mol. The van der Waals surface area contributed by atoms with E-state index in [2.05, 4.69) is 74.3 Å². The van der Waals surface area contributed by atoms with Crippen LogP contribution < -0.4 is 15.5 Å². The van der Waals surface area contributed by atoms with Crippen LogP contribution in [-0.4, -0.2) is 43.7 Å². The highest BCUT2D eigenvalue weighted by Crippen LogP contribution is 2.25. The largest absolute Gasteiger partial charge is 0.363 e. The number of hydrogen-bond donors (Lipinski definition) is 3. The number of rotatable bonds is 5. The number of aromatic nitrogens is 1. The number of nitrogens with one attached hydrogen (secondary N) is 3.